The van der Waals surface area contributed by atoms with Crippen LogP contribution in [0.5, 0.6) is 0 Å². The summed E-state index contributed by atoms with van der Waals surface area (Å²) < 4.78 is 38.2. The highest BCUT2D eigenvalue weighted by Crippen LogP contribution is 2.59. The highest BCUT2D eigenvalue weighted by atomic mass is 19.4. The zero-order chi connectivity index (χ0) is 16.6. The summed E-state index contributed by atoms with van der Waals surface area (Å²) in [6, 6.07) is -0.523. The molecule has 0 aromatic rings. The van der Waals surface area contributed by atoms with Gasteiger partial charge in [0.2, 0.25) is 5.91 Å². The van der Waals surface area contributed by atoms with Crippen molar-refractivity contribution in [2.24, 2.45) is 17.3 Å². The lowest BCUT2D eigenvalue weighted by atomic mass is 10.1. The minimum absolute atomic E-state index is 0.406. The van der Waals surface area contributed by atoms with Crippen molar-refractivity contribution >= 4 is 11.9 Å². The highest BCUT2D eigenvalue weighted by Gasteiger charge is 2.67. The van der Waals surface area contributed by atoms with Crippen molar-refractivity contribution in [2.75, 3.05) is 6.54 Å². The van der Waals surface area contributed by atoms with Crippen LogP contribution in [-0.4, -0.2) is 40.6 Å². The van der Waals surface area contributed by atoms with Crippen molar-refractivity contribution in [3.8, 4) is 0 Å². The van der Waals surface area contributed by atoms with Crippen LogP contribution in [0.25, 0.3) is 0 Å². The molecule has 1 aliphatic rings. The van der Waals surface area contributed by atoms with E-state index in [0.29, 0.717) is 12.8 Å². The van der Waals surface area contributed by atoms with Crippen molar-refractivity contribution in [1.29, 1.82) is 0 Å². The van der Waals surface area contributed by atoms with Crippen molar-refractivity contribution < 1.29 is 27.9 Å². The molecule has 0 aliphatic heterocycles. The molecular weight excluding hydrogens is 287 g/mol. The quantitative estimate of drug-likeness (QED) is 0.820. The molecule has 0 aromatic carbocycles. The Kier molecular flexibility index (Phi) is 4.95. The summed E-state index contributed by atoms with van der Waals surface area (Å²) in [6.07, 6.45) is -3.68. The second-order valence-corrected chi connectivity index (χ2v) is 6.17. The van der Waals surface area contributed by atoms with Gasteiger partial charge in [-0.2, -0.15) is 13.2 Å². The Balaban J connectivity index is 2.99. The van der Waals surface area contributed by atoms with Gasteiger partial charge in [-0.3, -0.25) is 9.59 Å². The van der Waals surface area contributed by atoms with E-state index in [1.165, 1.54) is 0 Å². The molecule has 122 valence electrons. The molecule has 0 saturated heterocycles. The first-order valence-corrected chi connectivity index (χ1v) is 7.07. The Morgan fingerprint density at radius 3 is 1.95 bits per heavy atom. The Morgan fingerprint density at radius 1 is 1.19 bits per heavy atom. The van der Waals surface area contributed by atoms with E-state index in [1.54, 1.807) is 27.7 Å². The number of carbonyl (C=O) groups is 2. The fraction of sp³-hybridized carbons (Fsp3) is 0.857. The molecule has 21 heavy (non-hydrogen) atoms. The third-order valence-corrected chi connectivity index (χ3v) is 4.38. The number of hydrogen-bond acceptors (Lipinski definition) is 2. The topological polar surface area (TPSA) is 57.6 Å². The van der Waals surface area contributed by atoms with E-state index < -0.39 is 47.9 Å². The molecule has 0 radical (unpaired) electrons. The maximum Gasteiger partial charge on any atom is 0.406 e. The van der Waals surface area contributed by atoms with Crippen molar-refractivity contribution in [3.63, 3.8) is 0 Å². The van der Waals surface area contributed by atoms with Crippen molar-refractivity contribution in [2.45, 2.75) is 52.8 Å². The van der Waals surface area contributed by atoms with Crippen molar-refractivity contribution in [1.82, 2.24) is 4.90 Å². The fourth-order valence-corrected chi connectivity index (χ4v) is 3.05. The maximum absolute atomic E-state index is 12.7. The Morgan fingerprint density at radius 2 is 1.67 bits per heavy atom. The molecule has 0 spiro atoms. The third-order valence-electron chi connectivity index (χ3n) is 4.38. The summed E-state index contributed by atoms with van der Waals surface area (Å²) >= 11 is 0. The van der Waals surface area contributed by atoms with Crippen LogP contribution in [0.2, 0.25) is 0 Å². The number of alkyl halides is 3. The molecule has 0 bridgehead atoms. The first kappa shape index (κ1) is 17.8. The molecule has 0 aromatic heterocycles. The number of carboxylic acid groups (broad SMARTS) is 1. The summed E-state index contributed by atoms with van der Waals surface area (Å²) in [6.45, 7) is 5.33. The number of nitrogens with zero attached hydrogens (tertiary/aromatic N) is 1. The zero-order valence-corrected chi connectivity index (χ0v) is 12.7. The predicted molar refractivity (Wildman–Crippen MR) is 70.5 cm³/mol. The Hall–Kier alpha value is -1.27. The van der Waals surface area contributed by atoms with E-state index in [9.17, 15) is 22.8 Å². The van der Waals surface area contributed by atoms with Gasteiger partial charge < -0.3 is 10.0 Å². The summed E-state index contributed by atoms with van der Waals surface area (Å²) in [5.74, 6) is -3.61. The van der Waals surface area contributed by atoms with Crippen LogP contribution >= 0.6 is 0 Å². The van der Waals surface area contributed by atoms with E-state index in [-0.39, 0.29) is 0 Å². The normalized spacial score (nSPS) is 24.0. The SMILES string of the molecule is CCC(CC)N(CC(F)(F)F)C(=O)[C@H]1[C@@H](C(=O)O)C1(C)C. The largest absolute Gasteiger partial charge is 0.481 e. The van der Waals surface area contributed by atoms with Crippen LogP contribution in [0, 0.1) is 17.3 Å². The van der Waals surface area contributed by atoms with Crippen LogP contribution in [0.4, 0.5) is 13.2 Å². The van der Waals surface area contributed by atoms with Gasteiger partial charge in [0.05, 0.1) is 11.8 Å². The number of amides is 1. The van der Waals surface area contributed by atoms with E-state index in [2.05, 4.69) is 0 Å². The minimum atomic E-state index is -4.49. The lowest BCUT2D eigenvalue weighted by Gasteiger charge is -2.32. The number of aliphatic carboxylic acids is 1. The first-order valence-electron chi connectivity index (χ1n) is 7.07. The number of rotatable bonds is 6. The van der Waals surface area contributed by atoms with Crippen LogP contribution in [-0.2, 0) is 9.59 Å². The number of halogens is 3. The van der Waals surface area contributed by atoms with Gasteiger partial charge in [-0.25, -0.2) is 0 Å². The second-order valence-electron chi connectivity index (χ2n) is 6.17. The molecule has 2 atom stereocenters. The number of carboxylic acids is 1. The average Bonchev–Trinajstić information content (AvgIpc) is 2.90. The Labute approximate surface area is 122 Å². The molecule has 1 aliphatic carbocycles. The van der Waals surface area contributed by atoms with Gasteiger partial charge in [0.25, 0.3) is 0 Å². The molecule has 4 nitrogen and oxygen atoms in total. The van der Waals surface area contributed by atoms with Crippen LogP contribution in [0.15, 0.2) is 0 Å². The van der Waals surface area contributed by atoms with E-state index in [1.807, 2.05) is 0 Å². The van der Waals surface area contributed by atoms with E-state index >= 15 is 0 Å². The molecule has 0 heterocycles. The molecule has 7 heteroatoms. The van der Waals surface area contributed by atoms with Gasteiger partial charge in [0, 0.05) is 6.04 Å². The molecule has 1 amide bonds. The van der Waals surface area contributed by atoms with E-state index in [4.69, 9.17) is 5.11 Å². The standard InChI is InChI=1S/C14H22F3NO3/c1-5-8(6-2)18(7-14(15,16)17)11(19)9-10(12(20)21)13(9,3)4/h8-10H,5-7H2,1-4H3,(H,20,21)/t9-,10+/m1/s1. The Bertz CT molecular complexity index is 416. The number of hydrogen-bond donors (Lipinski definition) is 1. The molecule has 0 unspecified atom stereocenters. The average molecular weight is 309 g/mol. The van der Waals surface area contributed by atoms with Gasteiger partial charge in [-0.15, -0.1) is 0 Å². The summed E-state index contributed by atoms with van der Waals surface area (Å²) in [4.78, 5) is 24.4. The molecule has 1 rings (SSSR count). The van der Waals surface area contributed by atoms with E-state index in [0.717, 1.165) is 4.90 Å². The summed E-state index contributed by atoms with van der Waals surface area (Å²) in [5.41, 5.74) is -0.793. The lowest BCUT2D eigenvalue weighted by molar-refractivity contribution is -0.167. The predicted octanol–water partition coefficient (Wildman–Crippen LogP) is 2.92. The zero-order valence-electron chi connectivity index (χ0n) is 12.7. The summed E-state index contributed by atoms with van der Waals surface area (Å²) in [7, 11) is 0. The molecule has 1 fully saturated rings. The smallest absolute Gasteiger partial charge is 0.406 e. The van der Waals surface area contributed by atoms with Crippen LogP contribution in [0.1, 0.15) is 40.5 Å². The molecular formula is C14H22F3NO3. The fourth-order valence-electron chi connectivity index (χ4n) is 3.05. The van der Waals surface area contributed by atoms with Gasteiger partial charge in [-0.05, 0) is 18.3 Å². The maximum atomic E-state index is 12.7. The van der Waals surface area contributed by atoms with Crippen LogP contribution < -0.4 is 0 Å². The van der Waals surface area contributed by atoms with Gasteiger partial charge in [0.1, 0.15) is 6.54 Å². The van der Waals surface area contributed by atoms with Crippen LogP contribution in [0.3, 0.4) is 0 Å². The highest BCUT2D eigenvalue weighted by molar-refractivity contribution is 5.91. The van der Waals surface area contributed by atoms with Crippen molar-refractivity contribution in [3.05, 3.63) is 0 Å². The first-order chi connectivity index (χ1) is 9.47. The summed E-state index contributed by atoms with van der Waals surface area (Å²) in [5, 5.41) is 9.08. The number of carbonyl (C=O) groups excluding carboxylic acids is 1. The minimum Gasteiger partial charge on any atom is -0.481 e. The molecule has 1 saturated carbocycles. The third kappa shape index (κ3) is 3.68. The second kappa shape index (κ2) is 5.85. The van der Waals surface area contributed by atoms with Gasteiger partial charge in [-0.1, -0.05) is 27.7 Å². The molecule has 1 N–H and O–H groups in total. The van der Waals surface area contributed by atoms with Gasteiger partial charge >= 0.3 is 12.1 Å². The lowest BCUT2D eigenvalue weighted by Crippen LogP contribution is -2.46. The monoisotopic (exact) mass is 309 g/mol. The van der Waals surface area contributed by atoms with Gasteiger partial charge in [0.15, 0.2) is 0 Å².